The summed E-state index contributed by atoms with van der Waals surface area (Å²) in [5, 5.41) is 2.16. The maximum absolute atomic E-state index is 2.41. The average molecular weight is 328 g/mol. The molecule has 15 heavy (non-hydrogen) atoms. The lowest BCUT2D eigenvalue weighted by Gasteiger charge is -2.10. The standard InChI is InChI=1S/C13H13IS/c1-8-6-9(2)12(10(3)7-8)13-11(14)4-5-15-13/h4-7H,1-3H3. The van der Waals surface area contributed by atoms with Gasteiger partial charge in [-0.15, -0.1) is 11.3 Å². The number of aryl methyl sites for hydroxylation is 3. The van der Waals surface area contributed by atoms with E-state index in [9.17, 15) is 0 Å². The van der Waals surface area contributed by atoms with Crippen LogP contribution in [0.2, 0.25) is 0 Å². The van der Waals surface area contributed by atoms with Crippen molar-refractivity contribution >= 4 is 33.9 Å². The van der Waals surface area contributed by atoms with Gasteiger partial charge in [-0.25, -0.2) is 0 Å². The van der Waals surface area contributed by atoms with E-state index in [1.165, 1.54) is 30.7 Å². The van der Waals surface area contributed by atoms with Crippen LogP contribution in [0.5, 0.6) is 0 Å². The van der Waals surface area contributed by atoms with Gasteiger partial charge in [-0.2, -0.15) is 0 Å². The number of rotatable bonds is 1. The Balaban J connectivity index is 2.68. The molecular formula is C13H13IS. The molecule has 0 aliphatic heterocycles. The van der Waals surface area contributed by atoms with Gasteiger partial charge in [0.1, 0.15) is 0 Å². The molecule has 0 fully saturated rings. The van der Waals surface area contributed by atoms with Gasteiger partial charge in [-0.05, 0) is 71.5 Å². The molecule has 0 saturated heterocycles. The van der Waals surface area contributed by atoms with Crippen molar-refractivity contribution in [2.75, 3.05) is 0 Å². The van der Waals surface area contributed by atoms with Gasteiger partial charge in [0, 0.05) is 8.45 Å². The van der Waals surface area contributed by atoms with Crippen LogP contribution in [0, 0.1) is 24.3 Å². The number of benzene rings is 1. The van der Waals surface area contributed by atoms with E-state index in [1.54, 1.807) is 0 Å². The van der Waals surface area contributed by atoms with E-state index < -0.39 is 0 Å². The molecule has 1 heterocycles. The van der Waals surface area contributed by atoms with Gasteiger partial charge >= 0.3 is 0 Å². The van der Waals surface area contributed by atoms with Gasteiger partial charge in [0.2, 0.25) is 0 Å². The summed E-state index contributed by atoms with van der Waals surface area (Å²) in [6.45, 7) is 6.55. The Morgan fingerprint density at radius 2 is 1.67 bits per heavy atom. The summed E-state index contributed by atoms with van der Waals surface area (Å²) >= 11 is 4.24. The van der Waals surface area contributed by atoms with E-state index in [-0.39, 0.29) is 0 Å². The quantitative estimate of drug-likeness (QED) is 0.650. The largest absolute Gasteiger partial charge is 0.143 e. The molecule has 0 radical (unpaired) electrons. The molecule has 2 aromatic rings. The van der Waals surface area contributed by atoms with Gasteiger partial charge in [-0.1, -0.05) is 17.7 Å². The Morgan fingerprint density at radius 1 is 1.07 bits per heavy atom. The van der Waals surface area contributed by atoms with Crippen molar-refractivity contribution in [2.24, 2.45) is 0 Å². The van der Waals surface area contributed by atoms with Crippen molar-refractivity contribution < 1.29 is 0 Å². The van der Waals surface area contributed by atoms with Gasteiger partial charge in [0.25, 0.3) is 0 Å². The third-order valence-electron chi connectivity index (χ3n) is 2.52. The number of thiophene rings is 1. The van der Waals surface area contributed by atoms with E-state index in [0.717, 1.165) is 0 Å². The van der Waals surface area contributed by atoms with Crippen LogP contribution in [0.25, 0.3) is 10.4 Å². The molecule has 78 valence electrons. The fraction of sp³-hybridized carbons (Fsp3) is 0.231. The molecule has 0 amide bonds. The number of hydrogen-bond donors (Lipinski definition) is 0. The van der Waals surface area contributed by atoms with Crippen molar-refractivity contribution in [3.63, 3.8) is 0 Å². The lowest BCUT2D eigenvalue weighted by molar-refractivity contribution is 1.33. The summed E-state index contributed by atoms with van der Waals surface area (Å²) in [4.78, 5) is 1.41. The van der Waals surface area contributed by atoms with Crippen LogP contribution in [-0.4, -0.2) is 0 Å². The second kappa shape index (κ2) is 4.26. The first kappa shape index (κ1) is 11.1. The summed E-state index contributed by atoms with van der Waals surface area (Å²) in [6.07, 6.45) is 0. The van der Waals surface area contributed by atoms with Crippen LogP contribution in [-0.2, 0) is 0 Å². The highest BCUT2D eigenvalue weighted by molar-refractivity contribution is 14.1. The van der Waals surface area contributed by atoms with Crippen molar-refractivity contribution in [1.82, 2.24) is 0 Å². The van der Waals surface area contributed by atoms with E-state index in [0.29, 0.717) is 0 Å². The Hall–Kier alpha value is -0.350. The van der Waals surface area contributed by atoms with Crippen LogP contribution in [0.4, 0.5) is 0 Å². The monoisotopic (exact) mass is 328 g/mol. The molecule has 0 spiro atoms. The topological polar surface area (TPSA) is 0 Å². The van der Waals surface area contributed by atoms with Crippen LogP contribution >= 0.6 is 33.9 Å². The van der Waals surface area contributed by atoms with Crippen LogP contribution in [0.15, 0.2) is 23.6 Å². The van der Waals surface area contributed by atoms with Crippen molar-refractivity contribution in [1.29, 1.82) is 0 Å². The summed E-state index contributed by atoms with van der Waals surface area (Å²) in [7, 11) is 0. The molecule has 0 aliphatic rings. The number of hydrogen-bond acceptors (Lipinski definition) is 1. The Kier molecular flexibility index (Phi) is 3.16. The van der Waals surface area contributed by atoms with Gasteiger partial charge in [0.15, 0.2) is 0 Å². The first-order chi connectivity index (χ1) is 7.09. The summed E-state index contributed by atoms with van der Waals surface area (Å²) in [6, 6.07) is 6.70. The summed E-state index contributed by atoms with van der Waals surface area (Å²) < 4.78 is 1.35. The first-order valence-electron chi connectivity index (χ1n) is 4.91. The molecule has 0 aliphatic carbocycles. The minimum absolute atomic E-state index is 1.35. The van der Waals surface area contributed by atoms with Crippen LogP contribution < -0.4 is 0 Å². The molecule has 2 heteroatoms. The second-order valence-corrected chi connectivity index (χ2v) is 5.95. The molecule has 1 aromatic heterocycles. The van der Waals surface area contributed by atoms with E-state index in [2.05, 4.69) is 66.9 Å². The molecule has 0 saturated carbocycles. The van der Waals surface area contributed by atoms with E-state index in [4.69, 9.17) is 0 Å². The zero-order valence-corrected chi connectivity index (χ0v) is 12.1. The predicted octanol–water partition coefficient (Wildman–Crippen LogP) is 4.94. The predicted molar refractivity (Wildman–Crippen MR) is 76.7 cm³/mol. The zero-order valence-electron chi connectivity index (χ0n) is 9.10. The van der Waals surface area contributed by atoms with Gasteiger partial charge in [0.05, 0.1) is 0 Å². The molecule has 0 unspecified atom stereocenters. The molecule has 0 N–H and O–H groups in total. The highest BCUT2D eigenvalue weighted by Gasteiger charge is 2.10. The molecule has 1 aromatic carbocycles. The fourth-order valence-electron chi connectivity index (χ4n) is 2.01. The van der Waals surface area contributed by atoms with Crippen LogP contribution in [0.1, 0.15) is 16.7 Å². The molecule has 0 bridgehead atoms. The maximum atomic E-state index is 2.41. The van der Waals surface area contributed by atoms with Crippen molar-refractivity contribution in [3.05, 3.63) is 43.8 Å². The molecule has 0 nitrogen and oxygen atoms in total. The highest BCUT2D eigenvalue weighted by atomic mass is 127. The maximum Gasteiger partial charge on any atom is 0.0481 e. The van der Waals surface area contributed by atoms with Gasteiger partial charge in [-0.3, -0.25) is 0 Å². The lowest BCUT2D eigenvalue weighted by atomic mass is 9.99. The lowest BCUT2D eigenvalue weighted by Crippen LogP contribution is -1.89. The third-order valence-corrected chi connectivity index (χ3v) is 4.72. The highest BCUT2D eigenvalue weighted by Crippen LogP contribution is 2.35. The normalized spacial score (nSPS) is 10.7. The Bertz CT molecular complexity index is 474. The molecule has 2 rings (SSSR count). The summed E-state index contributed by atoms with van der Waals surface area (Å²) in [5.41, 5.74) is 5.53. The molecular weight excluding hydrogens is 315 g/mol. The SMILES string of the molecule is Cc1cc(C)c(-c2sccc2I)c(C)c1. The van der Waals surface area contributed by atoms with E-state index >= 15 is 0 Å². The third kappa shape index (κ3) is 2.11. The zero-order chi connectivity index (χ0) is 11.0. The minimum atomic E-state index is 1.35. The first-order valence-corrected chi connectivity index (χ1v) is 6.86. The fourth-order valence-corrected chi connectivity index (χ4v) is 4.05. The smallest absolute Gasteiger partial charge is 0.0481 e. The molecule has 0 atom stereocenters. The average Bonchev–Trinajstić information content (AvgIpc) is 2.50. The van der Waals surface area contributed by atoms with E-state index in [1.807, 2.05) is 11.3 Å². The summed E-state index contributed by atoms with van der Waals surface area (Å²) in [5.74, 6) is 0. The second-order valence-electron chi connectivity index (χ2n) is 3.87. The minimum Gasteiger partial charge on any atom is -0.143 e. The Labute approximate surface area is 108 Å². The van der Waals surface area contributed by atoms with Gasteiger partial charge < -0.3 is 0 Å². The van der Waals surface area contributed by atoms with Crippen molar-refractivity contribution in [3.8, 4) is 10.4 Å². The van der Waals surface area contributed by atoms with Crippen LogP contribution in [0.3, 0.4) is 0 Å². The van der Waals surface area contributed by atoms with Crippen molar-refractivity contribution in [2.45, 2.75) is 20.8 Å². The Morgan fingerprint density at radius 3 is 2.13 bits per heavy atom. The number of halogens is 1.